The summed E-state index contributed by atoms with van der Waals surface area (Å²) < 4.78 is 7.54. The normalized spacial score (nSPS) is 19.4. The molecule has 14 nitrogen and oxygen atoms in total. The molecule has 2 aromatic heterocycles. The number of amides is 2. The predicted molar refractivity (Wildman–Crippen MR) is 201 cm³/mol. The van der Waals surface area contributed by atoms with Crippen LogP contribution in [0.15, 0.2) is 67.0 Å². The molecular formula is C38H55N9O5. The van der Waals surface area contributed by atoms with Crippen LogP contribution in [0.3, 0.4) is 0 Å². The summed E-state index contributed by atoms with van der Waals surface area (Å²) in [5.41, 5.74) is 3.01. The number of likely N-dealkylation sites (N-methyl/N-ethyl adjacent to an activating group) is 1. The van der Waals surface area contributed by atoms with Crippen LogP contribution in [0.4, 0.5) is 10.6 Å². The zero-order valence-corrected chi connectivity index (χ0v) is 30.5. The number of ether oxygens (including phenoxy) is 1. The van der Waals surface area contributed by atoms with Gasteiger partial charge in [-0.1, -0.05) is 94.3 Å². The maximum absolute atomic E-state index is 12.9. The lowest BCUT2D eigenvalue weighted by Gasteiger charge is -2.22. The maximum atomic E-state index is 12.9. The van der Waals surface area contributed by atoms with Gasteiger partial charge in [0.25, 0.3) is 0 Å². The second-order valence-corrected chi connectivity index (χ2v) is 13.2. The number of imidazole rings is 1. The van der Waals surface area contributed by atoms with Crippen LogP contribution in [0.25, 0.3) is 11.2 Å². The van der Waals surface area contributed by atoms with E-state index in [1.807, 2.05) is 43.3 Å². The van der Waals surface area contributed by atoms with E-state index in [1.165, 1.54) is 10.9 Å². The van der Waals surface area contributed by atoms with Gasteiger partial charge in [-0.25, -0.2) is 19.7 Å². The summed E-state index contributed by atoms with van der Waals surface area (Å²) >= 11 is 0. The molecule has 1 aliphatic heterocycles. The molecule has 0 saturated carbocycles. The van der Waals surface area contributed by atoms with Crippen molar-refractivity contribution >= 4 is 23.0 Å². The number of hydrogen-bond acceptors (Lipinski definition) is 11. The fourth-order valence-electron chi connectivity index (χ4n) is 6.50. The van der Waals surface area contributed by atoms with E-state index >= 15 is 0 Å². The minimum atomic E-state index is -1.37. The van der Waals surface area contributed by atoms with Crippen molar-refractivity contribution in [1.82, 2.24) is 40.4 Å². The molecule has 2 aromatic carbocycles. The Labute approximate surface area is 306 Å². The number of aromatic nitrogens is 4. The van der Waals surface area contributed by atoms with Gasteiger partial charge in [0.2, 0.25) is 0 Å². The molecule has 14 heteroatoms. The summed E-state index contributed by atoms with van der Waals surface area (Å²) in [7, 11) is 0. The van der Waals surface area contributed by atoms with Gasteiger partial charge in [0.1, 0.15) is 24.5 Å². The topological polar surface area (TPSA) is 182 Å². The molecule has 7 N–H and O–H groups in total. The first-order valence-electron chi connectivity index (χ1n) is 18.6. The molecule has 52 heavy (non-hydrogen) atoms. The fourth-order valence-corrected chi connectivity index (χ4v) is 6.50. The van der Waals surface area contributed by atoms with Crippen molar-refractivity contribution in [3.63, 3.8) is 0 Å². The number of hydrogen-bond donors (Lipinski definition) is 7. The van der Waals surface area contributed by atoms with Gasteiger partial charge in [-0.3, -0.25) is 9.88 Å². The molecule has 1 aliphatic rings. The summed E-state index contributed by atoms with van der Waals surface area (Å²) in [4.78, 5) is 29.5. The number of aliphatic hydroxyl groups is 3. The van der Waals surface area contributed by atoms with Gasteiger partial charge in [-0.15, -0.1) is 0 Å². The Morgan fingerprint density at radius 3 is 2.17 bits per heavy atom. The highest BCUT2D eigenvalue weighted by atomic mass is 16.6. The lowest BCUT2D eigenvalue weighted by molar-refractivity contribution is -0.0928. The van der Waals surface area contributed by atoms with Crippen LogP contribution in [0.5, 0.6) is 0 Å². The van der Waals surface area contributed by atoms with E-state index in [-0.39, 0.29) is 18.5 Å². The third-order valence-electron chi connectivity index (χ3n) is 9.40. The van der Waals surface area contributed by atoms with E-state index in [1.54, 1.807) is 0 Å². The minimum Gasteiger partial charge on any atom is -0.387 e. The molecule has 3 heterocycles. The summed E-state index contributed by atoms with van der Waals surface area (Å²) in [6, 6.07) is 20.1. The van der Waals surface area contributed by atoms with E-state index in [0.717, 1.165) is 56.4 Å². The average molecular weight is 718 g/mol. The summed E-state index contributed by atoms with van der Waals surface area (Å²) in [5, 5.41) is 44.5. The Balaban J connectivity index is 1.38. The van der Waals surface area contributed by atoms with Crippen molar-refractivity contribution in [3.05, 3.63) is 83.9 Å². The van der Waals surface area contributed by atoms with Crippen molar-refractivity contribution in [2.45, 2.75) is 89.7 Å². The molecule has 0 bridgehead atoms. The standard InChI is InChI=1S/C38H55N9O5/c1-4-7-20-46(21-8-5-2)22-19-40-38(51)42-24-29-44-34(41-23-28(26-15-11-9-12-16-26)27-17-13-10-14-18-27)30-35(45-29)47(25-43-30)37-32(49)31(48)33(52-37)36(50)39-6-3/h9-18,25,28,31-33,36-37,39,48-50H,4-8,19-24H2,1-3H3,(H2,40,42,51)(H,41,44,45)/t31-,32+,33-,36?,37+/m0/s1. The number of unbranched alkanes of at least 4 members (excludes halogenated alkanes) is 2. The summed E-state index contributed by atoms with van der Waals surface area (Å²) in [6.07, 6.45) is -0.125. The molecule has 1 saturated heterocycles. The van der Waals surface area contributed by atoms with Gasteiger partial charge in [-0.2, -0.15) is 0 Å². The lowest BCUT2D eigenvalue weighted by Crippen LogP contribution is -2.46. The van der Waals surface area contributed by atoms with Gasteiger partial charge in [0.05, 0.1) is 12.9 Å². The highest BCUT2D eigenvalue weighted by Crippen LogP contribution is 2.34. The number of nitrogens with one attached hydrogen (secondary N) is 4. The Morgan fingerprint density at radius 1 is 0.904 bits per heavy atom. The first kappa shape index (κ1) is 39.0. The molecule has 5 atom stereocenters. The average Bonchev–Trinajstić information content (AvgIpc) is 3.72. The Morgan fingerprint density at radius 2 is 1.56 bits per heavy atom. The second kappa shape index (κ2) is 19.6. The number of urea groups is 1. The molecular weight excluding hydrogens is 662 g/mol. The molecule has 4 aromatic rings. The second-order valence-electron chi connectivity index (χ2n) is 13.2. The van der Waals surface area contributed by atoms with E-state index in [4.69, 9.17) is 14.7 Å². The highest BCUT2D eigenvalue weighted by Gasteiger charge is 2.47. The molecule has 1 fully saturated rings. The zero-order chi connectivity index (χ0) is 36.9. The quantitative estimate of drug-likeness (QED) is 0.0667. The van der Waals surface area contributed by atoms with Crippen LogP contribution in [-0.2, 0) is 11.3 Å². The van der Waals surface area contributed by atoms with Crippen LogP contribution in [0.2, 0.25) is 0 Å². The van der Waals surface area contributed by atoms with Gasteiger partial charge in [-0.05, 0) is 43.6 Å². The number of rotatable bonds is 20. The van der Waals surface area contributed by atoms with Gasteiger partial charge in [0, 0.05) is 25.6 Å². The summed E-state index contributed by atoms with van der Waals surface area (Å²) in [5.74, 6) is 0.741. The molecule has 1 unspecified atom stereocenters. The molecule has 0 spiro atoms. The van der Waals surface area contributed by atoms with Crippen LogP contribution < -0.4 is 21.3 Å². The smallest absolute Gasteiger partial charge is 0.315 e. The molecule has 0 radical (unpaired) electrons. The third kappa shape index (κ3) is 10.0. The molecule has 5 rings (SSSR count). The number of anilines is 1. The Hall–Kier alpha value is -4.18. The number of fused-ring (bicyclic) bond motifs is 1. The van der Waals surface area contributed by atoms with Crippen molar-refractivity contribution < 1.29 is 24.9 Å². The van der Waals surface area contributed by atoms with Gasteiger partial charge >= 0.3 is 6.03 Å². The minimum absolute atomic E-state index is 0.0143. The fraction of sp³-hybridized carbons (Fsp3) is 0.526. The van der Waals surface area contributed by atoms with Crippen molar-refractivity contribution in [3.8, 4) is 0 Å². The van der Waals surface area contributed by atoms with E-state index in [2.05, 4.69) is 69.3 Å². The first-order chi connectivity index (χ1) is 25.3. The monoisotopic (exact) mass is 717 g/mol. The van der Waals surface area contributed by atoms with Crippen LogP contribution in [-0.4, -0.2) is 110 Å². The van der Waals surface area contributed by atoms with E-state index in [9.17, 15) is 20.1 Å². The SMILES string of the molecule is CCCCN(CCCC)CCNC(=O)NCc1nc(NCC(c2ccccc2)c2ccccc2)c2ncn([C@@H]3O[C@H](C(O)NCC)[C@@H](O)[C@H]3O)c2n1. The number of aliphatic hydroxyl groups excluding tert-OH is 3. The third-order valence-corrected chi connectivity index (χ3v) is 9.40. The number of nitrogens with zero attached hydrogens (tertiary/aromatic N) is 5. The maximum Gasteiger partial charge on any atom is 0.315 e. The zero-order valence-electron chi connectivity index (χ0n) is 30.5. The summed E-state index contributed by atoms with van der Waals surface area (Å²) in [6.45, 7) is 10.4. The van der Waals surface area contributed by atoms with Crippen LogP contribution >= 0.6 is 0 Å². The lowest BCUT2D eigenvalue weighted by atomic mass is 9.91. The Kier molecular flexibility index (Phi) is 14.7. The molecule has 2 amide bonds. The Bertz CT molecular complexity index is 1610. The van der Waals surface area contributed by atoms with Crippen molar-refractivity contribution in [2.75, 3.05) is 44.6 Å². The predicted octanol–water partition coefficient (Wildman–Crippen LogP) is 3.32. The van der Waals surface area contributed by atoms with Crippen molar-refractivity contribution in [2.24, 2.45) is 0 Å². The van der Waals surface area contributed by atoms with Crippen LogP contribution in [0.1, 0.15) is 75.6 Å². The first-order valence-corrected chi connectivity index (χ1v) is 18.6. The molecule has 0 aliphatic carbocycles. The molecule has 282 valence electrons. The highest BCUT2D eigenvalue weighted by molar-refractivity contribution is 5.83. The van der Waals surface area contributed by atoms with Crippen molar-refractivity contribution in [1.29, 1.82) is 0 Å². The van der Waals surface area contributed by atoms with E-state index in [0.29, 0.717) is 42.4 Å². The van der Waals surface area contributed by atoms with Gasteiger partial charge in [0.15, 0.2) is 29.0 Å². The largest absolute Gasteiger partial charge is 0.387 e. The van der Waals surface area contributed by atoms with Crippen LogP contribution in [0, 0.1) is 0 Å². The number of carbonyl (C=O) groups excluding carboxylic acids is 1. The number of benzene rings is 2. The van der Waals surface area contributed by atoms with Gasteiger partial charge < -0.3 is 40.9 Å². The van der Waals surface area contributed by atoms with E-state index < -0.39 is 30.8 Å². The number of carbonyl (C=O) groups is 1.